The zero-order valence-corrected chi connectivity index (χ0v) is 15.2. The fourth-order valence-electron chi connectivity index (χ4n) is 1.30. The molecule has 0 aliphatic carbocycles. The van der Waals surface area contributed by atoms with E-state index in [1.807, 2.05) is 0 Å². The Kier molecular flexibility index (Phi) is 8.11. The van der Waals surface area contributed by atoms with Gasteiger partial charge in [0, 0.05) is 0 Å². The summed E-state index contributed by atoms with van der Waals surface area (Å²) in [5, 5.41) is -4.42. The van der Waals surface area contributed by atoms with Crippen molar-refractivity contribution in [3.8, 4) is 0 Å². The van der Waals surface area contributed by atoms with Crippen LogP contribution in [0.15, 0.2) is 12.2 Å². The predicted molar refractivity (Wildman–Crippen MR) is 76.2 cm³/mol. The number of hydrogen-bond acceptors (Lipinski definition) is 7. The van der Waals surface area contributed by atoms with Crippen molar-refractivity contribution in [2.75, 3.05) is 13.2 Å². The van der Waals surface area contributed by atoms with Gasteiger partial charge >= 0.3 is 45.4 Å². The van der Waals surface area contributed by atoms with E-state index in [9.17, 15) is 57.9 Å². The van der Waals surface area contributed by atoms with Crippen LogP contribution in [0, 0.1) is 0 Å². The van der Waals surface area contributed by atoms with E-state index in [-0.39, 0.29) is 0 Å². The second-order valence-electron chi connectivity index (χ2n) is 5.27. The van der Waals surface area contributed by atoms with Crippen LogP contribution in [-0.2, 0) is 34.0 Å². The van der Waals surface area contributed by atoms with Gasteiger partial charge in [-0.25, -0.2) is 4.79 Å². The van der Waals surface area contributed by atoms with Crippen LogP contribution in [0.1, 0.15) is 6.92 Å². The second kappa shape index (κ2) is 8.80. The van der Waals surface area contributed by atoms with Crippen molar-refractivity contribution in [1.29, 1.82) is 0 Å². The molecule has 30 heavy (non-hydrogen) atoms. The highest BCUT2D eigenvalue weighted by molar-refractivity contribution is 7.86. The Balaban J connectivity index is 6.35. The van der Waals surface area contributed by atoms with Gasteiger partial charge < -0.3 is 14.8 Å². The van der Waals surface area contributed by atoms with Crippen molar-refractivity contribution < 1.29 is 72.0 Å². The van der Waals surface area contributed by atoms with Gasteiger partial charge in [-0.2, -0.15) is 43.5 Å². The minimum Gasteiger partial charge on any atom is -0.412 e. The molecule has 174 valence electrons. The number of carbonyl (C=O) groups is 3. The number of Topliss-reactive ketones (excluding diaryl/α,β-unsaturated/α-hetero) is 1. The summed E-state index contributed by atoms with van der Waals surface area (Å²) in [6, 6.07) is 0. The largest absolute Gasteiger partial charge is 0.466 e. The Hall–Kier alpha value is -2.34. The minimum atomic E-state index is -6.44. The summed E-state index contributed by atoms with van der Waals surface area (Å²) in [4.78, 5) is 34.0. The van der Waals surface area contributed by atoms with E-state index in [1.165, 1.54) is 0 Å². The minimum absolute atomic E-state index is 0.709. The molecule has 0 spiro atoms. The highest BCUT2D eigenvalue weighted by atomic mass is 32.2. The predicted octanol–water partition coefficient (Wildman–Crippen LogP) is 1.11. The number of alkyl halides is 8. The Labute approximate surface area is 161 Å². The molecule has 0 saturated carbocycles. The first-order valence-electron chi connectivity index (χ1n) is 6.91. The molecule has 0 radical (unpaired) electrons. The molecule has 0 aliphatic heterocycles. The number of halogens is 8. The molecule has 18 heteroatoms. The molecular formula is C12H11F8NO8S. The first kappa shape index (κ1) is 27.7. The fraction of sp³-hybridized carbons (Fsp3) is 0.583. The van der Waals surface area contributed by atoms with Gasteiger partial charge in [-0.15, -0.1) is 0 Å². The van der Waals surface area contributed by atoms with E-state index < -0.39 is 69.9 Å². The molecule has 0 saturated heterocycles. The molecular weight excluding hydrogens is 470 g/mol. The Morgan fingerprint density at radius 1 is 1.03 bits per heavy atom. The number of ether oxygens (including phenoxy) is 2. The lowest BCUT2D eigenvalue weighted by molar-refractivity contribution is -0.353. The first-order valence-corrected chi connectivity index (χ1v) is 8.35. The van der Waals surface area contributed by atoms with Gasteiger partial charge in [-0.05, 0) is 6.92 Å². The molecule has 0 aromatic carbocycles. The number of hydrogen-bond donors (Lipinski definition) is 2. The van der Waals surface area contributed by atoms with Crippen molar-refractivity contribution >= 4 is 27.8 Å². The van der Waals surface area contributed by atoms with Gasteiger partial charge in [0.25, 0.3) is 0 Å². The van der Waals surface area contributed by atoms with Gasteiger partial charge in [0.05, 0.1) is 6.54 Å². The van der Waals surface area contributed by atoms with Crippen LogP contribution in [0.5, 0.6) is 0 Å². The Bertz CT molecular complexity index is 819. The molecule has 0 aromatic heterocycles. The van der Waals surface area contributed by atoms with Crippen molar-refractivity contribution in [2.24, 2.45) is 0 Å². The molecule has 1 atom stereocenters. The molecule has 1 amide bonds. The fourth-order valence-corrected chi connectivity index (χ4v) is 1.51. The maximum Gasteiger partial charge on any atom is 0.466 e. The molecule has 0 rings (SSSR count). The van der Waals surface area contributed by atoms with Crippen LogP contribution in [0.2, 0.25) is 0 Å². The molecule has 9 nitrogen and oxygen atoms in total. The van der Waals surface area contributed by atoms with Crippen LogP contribution in [0.25, 0.3) is 0 Å². The maximum atomic E-state index is 13.4. The van der Waals surface area contributed by atoms with E-state index in [1.54, 1.807) is 0 Å². The SMILES string of the molecule is C=C(C(=O)OC(OCC(F)(F)S(=O)(=O)O)(C(=O)NCC(C)=O)C(F)(F)F)C(F)(F)F. The average Bonchev–Trinajstić information content (AvgIpc) is 2.52. The van der Waals surface area contributed by atoms with Crippen molar-refractivity contribution in [3.05, 3.63) is 12.2 Å². The Morgan fingerprint density at radius 2 is 1.50 bits per heavy atom. The molecule has 2 N–H and O–H groups in total. The van der Waals surface area contributed by atoms with Gasteiger partial charge in [-0.1, -0.05) is 6.58 Å². The van der Waals surface area contributed by atoms with E-state index in [4.69, 9.17) is 4.55 Å². The standard InChI is InChI=1S/C12H11F8NO8S/c1-5(22)3-21-8(24)10(12(18,19)20,28-4-9(13,14)30(25,26)27)29-7(23)6(2)11(15,16)17/h2-4H2,1H3,(H,21,24)(H,25,26,27). The van der Waals surface area contributed by atoms with Crippen molar-refractivity contribution in [3.63, 3.8) is 0 Å². The van der Waals surface area contributed by atoms with E-state index >= 15 is 0 Å². The van der Waals surface area contributed by atoms with Gasteiger partial charge in [0.2, 0.25) is 0 Å². The smallest absolute Gasteiger partial charge is 0.412 e. The third-order valence-corrected chi connectivity index (χ3v) is 3.69. The highest BCUT2D eigenvalue weighted by Crippen LogP contribution is 2.39. The lowest BCUT2D eigenvalue weighted by Gasteiger charge is -2.34. The van der Waals surface area contributed by atoms with Crippen LogP contribution < -0.4 is 5.32 Å². The van der Waals surface area contributed by atoms with E-state index in [0.717, 1.165) is 5.32 Å². The number of amides is 1. The number of ketones is 1. The summed E-state index contributed by atoms with van der Waals surface area (Å²) in [6.45, 7) is -1.48. The number of esters is 1. The molecule has 0 aromatic rings. The molecule has 0 fully saturated rings. The third kappa shape index (κ3) is 6.59. The summed E-state index contributed by atoms with van der Waals surface area (Å²) in [5.74, 6) is -12.1. The van der Waals surface area contributed by atoms with Gasteiger partial charge in [0.15, 0.2) is 0 Å². The first-order chi connectivity index (χ1) is 13.1. The zero-order chi connectivity index (χ0) is 24.3. The van der Waals surface area contributed by atoms with E-state index in [2.05, 4.69) is 16.1 Å². The summed E-state index contributed by atoms with van der Waals surface area (Å²) in [7, 11) is -6.44. The van der Waals surface area contributed by atoms with Crippen LogP contribution in [0.4, 0.5) is 35.1 Å². The van der Waals surface area contributed by atoms with Crippen molar-refractivity contribution in [2.45, 2.75) is 30.3 Å². The summed E-state index contributed by atoms with van der Waals surface area (Å²) in [6.07, 6.45) is -12.1. The lowest BCUT2D eigenvalue weighted by atomic mass is 10.2. The van der Waals surface area contributed by atoms with Gasteiger partial charge in [0.1, 0.15) is 18.0 Å². The third-order valence-electron chi connectivity index (χ3n) is 2.82. The number of rotatable bonds is 9. The monoisotopic (exact) mass is 481 g/mol. The van der Waals surface area contributed by atoms with Gasteiger partial charge in [-0.3, -0.25) is 14.1 Å². The van der Waals surface area contributed by atoms with E-state index in [0.29, 0.717) is 6.92 Å². The quantitative estimate of drug-likeness (QED) is 0.164. The van der Waals surface area contributed by atoms with Crippen LogP contribution in [-0.4, -0.2) is 67.2 Å². The molecule has 1 unspecified atom stereocenters. The summed E-state index contributed by atoms with van der Waals surface area (Å²) in [5.41, 5.74) is -2.62. The van der Waals surface area contributed by atoms with Crippen molar-refractivity contribution in [1.82, 2.24) is 5.32 Å². The summed E-state index contributed by atoms with van der Waals surface area (Å²) < 4.78 is 140. The zero-order valence-electron chi connectivity index (χ0n) is 14.4. The molecule has 0 aliphatic rings. The summed E-state index contributed by atoms with van der Waals surface area (Å²) >= 11 is 0. The topological polar surface area (TPSA) is 136 Å². The average molecular weight is 481 g/mol. The highest BCUT2D eigenvalue weighted by Gasteiger charge is 2.68. The second-order valence-corrected chi connectivity index (χ2v) is 6.81. The number of carbonyl (C=O) groups excluding carboxylic acids is 3. The molecule has 0 heterocycles. The molecule has 0 bridgehead atoms. The maximum absolute atomic E-state index is 13.4. The lowest BCUT2D eigenvalue weighted by Crippen LogP contribution is -2.63. The van der Waals surface area contributed by atoms with Crippen LogP contribution >= 0.6 is 0 Å². The number of nitrogens with one attached hydrogen (secondary N) is 1. The Morgan fingerprint density at radius 3 is 1.83 bits per heavy atom. The normalized spacial score (nSPS) is 15.1. The van der Waals surface area contributed by atoms with Crippen LogP contribution in [0.3, 0.4) is 0 Å².